The first kappa shape index (κ1) is 17.8. The zero-order valence-corrected chi connectivity index (χ0v) is 15.3. The molecule has 0 radical (unpaired) electrons. The quantitative estimate of drug-likeness (QED) is 0.816. The predicted molar refractivity (Wildman–Crippen MR) is 97.7 cm³/mol. The Morgan fingerprint density at radius 3 is 2.85 bits per heavy atom. The van der Waals surface area contributed by atoms with Crippen LogP contribution in [0, 0.1) is 0 Å². The summed E-state index contributed by atoms with van der Waals surface area (Å²) in [6.45, 7) is 2.45. The Kier molecular flexibility index (Phi) is 5.00. The highest BCUT2D eigenvalue weighted by molar-refractivity contribution is 5.93. The summed E-state index contributed by atoms with van der Waals surface area (Å²) in [7, 11) is 1.79. The van der Waals surface area contributed by atoms with E-state index in [1.54, 1.807) is 24.1 Å². The summed E-state index contributed by atoms with van der Waals surface area (Å²) in [5, 5.41) is 17.6. The highest BCUT2D eigenvalue weighted by Crippen LogP contribution is 2.34. The number of aromatic nitrogens is 2. The summed E-state index contributed by atoms with van der Waals surface area (Å²) in [6.07, 6.45) is 4.43. The summed E-state index contributed by atoms with van der Waals surface area (Å²) >= 11 is 0. The van der Waals surface area contributed by atoms with Crippen LogP contribution in [0.4, 0.5) is 0 Å². The Balaban J connectivity index is 1.26. The predicted octanol–water partition coefficient (Wildman–Crippen LogP) is 1.08. The number of nitrogens with zero attached hydrogens (tertiary/aromatic N) is 3. The van der Waals surface area contributed by atoms with Crippen molar-refractivity contribution in [2.24, 2.45) is 7.05 Å². The number of hydrogen-bond acceptors (Lipinski definition) is 6. The molecule has 2 aliphatic heterocycles. The summed E-state index contributed by atoms with van der Waals surface area (Å²) in [5.74, 6) is 1.32. The number of benzene rings is 1. The van der Waals surface area contributed by atoms with E-state index in [4.69, 9.17) is 9.47 Å². The number of carbonyl (C=O) groups excluding carboxylic acids is 1. The molecule has 0 aliphatic carbocycles. The highest BCUT2D eigenvalue weighted by Gasteiger charge is 2.24. The Morgan fingerprint density at radius 1 is 1.33 bits per heavy atom. The van der Waals surface area contributed by atoms with Gasteiger partial charge in [-0.05, 0) is 30.5 Å². The second kappa shape index (κ2) is 7.58. The van der Waals surface area contributed by atoms with Crippen molar-refractivity contribution in [1.29, 1.82) is 0 Å². The van der Waals surface area contributed by atoms with Crippen LogP contribution in [0.25, 0.3) is 0 Å². The summed E-state index contributed by atoms with van der Waals surface area (Å²) in [6, 6.07) is 5.70. The maximum absolute atomic E-state index is 12.2. The smallest absolute Gasteiger partial charge is 0.254 e. The van der Waals surface area contributed by atoms with Crippen molar-refractivity contribution in [2.75, 3.05) is 26.4 Å². The van der Waals surface area contributed by atoms with Crippen LogP contribution >= 0.6 is 0 Å². The van der Waals surface area contributed by atoms with Crippen molar-refractivity contribution in [3.05, 3.63) is 41.7 Å². The summed E-state index contributed by atoms with van der Waals surface area (Å²) in [5.41, 5.74) is 1.41. The fraction of sp³-hybridized carbons (Fsp3) is 0.474. The molecule has 3 heterocycles. The molecule has 2 N–H and O–H groups in total. The van der Waals surface area contributed by atoms with Gasteiger partial charge in [0.2, 0.25) is 6.79 Å². The molecular weight excluding hydrogens is 348 g/mol. The third kappa shape index (κ3) is 4.06. The minimum Gasteiger partial charge on any atom is -0.454 e. The van der Waals surface area contributed by atoms with Crippen LogP contribution in [0.3, 0.4) is 0 Å². The summed E-state index contributed by atoms with van der Waals surface area (Å²) in [4.78, 5) is 14.4. The Morgan fingerprint density at radius 2 is 2.11 bits per heavy atom. The van der Waals surface area contributed by atoms with Crippen molar-refractivity contribution < 1.29 is 19.4 Å². The molecular formula is C19H24N4O4. The number of aliphatic hydroxyl groups is 1. The number of aryl methyl sites for hydroxylation is 1. The van der Waals surface area contributed by atoms with Gasteiger partial charge in [0.25, 0.3) is 5.91 Å². The first-order chi connectivity index (χ1) is 13.1. The van der Waals surface area contributed by atoms with E-state index in [-0.39, 0.29) is 18.7 Å². The van der Waals surface area contributed by atoms with E-state index >= 15 is 0 Å². The molecule has 1 atom stereocenters. The molecule has 8 heteroatoms. The second-order valence-corrected chi connectivity index (χ2v) is 7.08. The van der Waals surface area contributed by atoms with E-state index in [9.17, 15) is 9.90 Å². The van der Waals surface area contributed by atoms with Crippen molar-refractivity contribution in [2.45, 2.75) is 25.0 Å². The number of fused-ring (bicyclic) bond motifs is 1. The number of likely N-dealkylation sites (tertiary alicyclic amines) is 1. The molecule has 0 unspecified atom stereocenters. The molecule has 1 aromatic carbocycles. The largest absolute Gasteiger partial charge is 0.454 e. The maximum Gasteiger partial charge on any atom is 0.254 e. The van der Waals surface area contributed by atoms with Crippen LogP contribution in [-0.2, 0) is 7.05 Å². The minimum atomic E-state index is -0.582. The second-order valence-electron chi connectivity index (χ2n) is 7.08. The Hall–Kier alpha value is -2.58. The van der Waals surface area contributed by atoms with E-state index in [0.717, 1.165) is 37.2 Å². The maximum atomic E-state index is 12.2. The molecule has 1 amide bonds. The van der Waals surface area contributed by atoms with Gasteiger partial charge in [0.1, 0.15) is 0 Å². The van der Waals surface area contributed by atoms with Crippen molar-refractivity contribution in [1.82, 2.24) is 20.0 Å². The number of carbonyl (C=O) groups is 1. The molecule has 0 bridgehead atoms. The van der Waals surface area contributed by atoms with Crippen molar-refractivity contribution in [3.8, 4) is 11.5 Å². The van der Waals surface area contributed by atoms with E-state index in [0.29, 0.717) is 17.9 Å². The van der Waals surface area contributed by atoms with Crippen LogP contribution < -0.4 is 14.8 Å². The van der Waals surface area contributed by atoms with Gasteiger partial charge >= 0.3 is 0 Å². The van der Waals surface area contributed by atoms with Crippen LogP contribution in [-0.4, -0.2) is 58.2 Å². The zero-order chi connectivity index (χ0) is 18.8. The first-order valence-electron chi connectivity index (χ1n) is 9.18. The fourth-order valence-electron chi connectivity index (χ4n) is 3.54. The molecule has 1 aromatic heterocycles. The van der Waals surface area contributed by atoms with Gasteiger partial charge in [0.05, 0.1) is 17.9 Å². The third-order valence-electron chi connectivity index (χ3n) is 5.10. The molecule has 0 saturated carbocycles. The van der Waals surface area contributed by atoms with Gasteiger partial charge < -0.3 is 24.8 Å². The lowest BCUT2D eigenvalue weighted by Crippen LogP contribution is -2.45. The average Bonchev–Trinajstić information content (AvgIpc) is 3.31. The van der Waals surface area contributed by atoms with Gasteiger partial charge in [-0.15, -0.1) is 0 Å². The number of amides is 1. The van der Waals surface area contributed by atoms with Crippen molar-refractivity contribution >= 4 is 5.91 Å². The Labute approximate surface area is 157 Å². The van der Waals surface area contributed by atoms with Crippen LogP contribution in [0.1, 0.15) is 34.9 Å². The van der Waals surface area contributed by atoms with Crippen LogP contribution in [0.15, 0.2) is 30.6 Å². The number of rotatable bonds is 5. The molecule has 0 spiro atoms. The number of β-amino-alcohol motifs (C(OH)–C–C–N with tert-alkyl or cyclic N) is 1. The molecule has 2 aliphatic rings. The number of ether oxygens (including phenoxy) is 2. The van der Waals surface area contributed by atoms with Gasteiger partial charge in [0.15, 0.2) is 11.5 Å². The van der Waals surface area contributed by atoms with E-state index in [1.165, 1.54) is 0 Å². The van der Waals surface area contributed by atoms with Gasteiger partial charge in [-0.25, -0.2) is 0 Å². The monoisotopic (exact) mass is 372 g/mol. The van der Waals surface area contributed by atoms with E-state index in [1.807, 2.05) is 18.2 Å². The molecule has 144 valence electrons. The average molecular weight is 372 g/mol. The Bertz CT molecular complexity index is 814. The molecule has 2 aromatic rings. The number of aliphatic hydroxyl groups excluding tert-OH is 1. The third-order valence-corrected chi connectivity index (χ3v) is 5.10. The fourth-order valence-corrected chi connectivity index (χ4v) is 3.54. The van der Waals surface area contributed by atoms with E-state index < -0.39 is 6.10 Å². The summed E-state index contributed by atoms with van der Waals surface area (Å²) < 4.78 is 12.3. The van der Waals surface area contributed by atoms with Crippen molar-refractivity contribution in [3.63, 3.8) is 0 Å². The molecule has 1 fully saturated rings. The lowest BCUT2D eigenvalue weighted by molar-refractivity contribution is 0.0827. The topological polar surface area (TPSA) is 88.9 Å². The standard InChI is InChI=1S/C19H24N4O4/c1-22-10-14(9-20-22)19(25)21-15-4-6-23(7-5-15)11-16(24)13-2-3-17-18(8-13)27-12-26-17/h2-3,8-10,15-16,24H,4-7,11-12H2,1H3,(H,21,25)/t16-/m0/s1. The lowest BCUT2D eigenvalue weighted by atomic mass is 10.0. The van der Waals surface area contributed by atoms with Gasteiger partial charge in [-0.3, -0.25) is 9.48 Å². The molecule has 27 heavy (non-hydrogen) atoms. The number of piperidine rings is 1. The van der Waals surface area contributed by atoms with Gasteiger partial charge in [-0.1, -0.05) is 6.07 Å². The minimum absolute atomic E-state index is 0.0815. The highest BCUT2D eigenvalue weighted by atomic mass is 16.7. The van der Waals surface area contributed by atoms with Crippen LogP contribution in [0.5, 0.6) is 11.5 Å². The zero-order valence-electron chi connectivity index (χ0n) is 15.3. The SMILES string of the molecule is Cn1cc(C(=O)NC2CCN(C[C@H](O)c3ccc4c(c3)OCO4)CC2)cn1. The lowest BCUT2D eigenvalue weighted by Gasteiger charge is -2.33. The molecule has 8 nitrogen and oxygen atoms in total. The number of nitrogens with one attached hydrogen (secondary N) is 1. The number of hydrogen-bond donors (Lipinski definition) is 2. The first-order valence-corrected chi connectivity index (χ1v) is 9.18. The van der Waals surface area contributed by atoms with Gasteiger partial charge in [-0.2, -0.15) is 5.10 Å². The van der Waals surface area contributed by atoms with Gasteiger partial charge in [0, 0.05) is 38.9 Å². The van der Waals surface area contributed by atoms with E-state index in [2.05, 4.69) is 15.3 Å². The molecule has 1 saturated heterocycles. The van der Waals surface area contributed by atoms with Crippen LogP contribution in [0.2, 0.25) is 0 Å². The molecule has 4 rings (SSSR count). The normalized spacial score (nSPS) is 18.4.